The van der Waals surface area contributed by atoms with Crippen molar-refractivity contribution in [2.45, 2.75) is 4.21 Å². The first kappa shape index (κ1) is 5.19. The van der Waals surface area contributed by atoms with Gasteiger partial charge in [-0.05, 0) is 18.4 Å². The Morgan fingerprint density at radius 1 is 1.86 bits per heavy atom. The smallest absolute Gasteiger partial charge is 0.0602 e. The number of thiophene rings is 1. The van der Waals surface area contributed by atoms with Gasteiger partial charge >= 0.3 is 0 Å². The lowest BCUT2D eigenvalue weighted by Gasteiger charge is -1.78. The molecule has 7 heavy (non-hydrogen) atoms. The molecule has 0 amide bonds. The van der Waals surface area contributed by atoms with E-state index in [0.717, 1.165) is 0 Å². The van der Waals surface area contributed by atoms with Gasteiger partial charge in [-0.3, -0.25) is 0 Å². The Balaban J connectivity index is 2.76. The molecule has 0 aliphatic rings. The maximum atomic E-state index is 3.00. The van der Waals surface area contributed by atoms with Crippen LogP contribution >= 0.6 is 23.1 Å². The van der Waals surface area contributed by atoms with Gasteiger partial charge in [0, 0.05) is 5.38 Å². The lowest BCUT2D eigenvalue weighted by molar-refractivity contribution is 1.75. The molecule has 1 heterocycles. The second kappa shape index (κ2) is 2.38. The summed E-state index contributed by atoms with van der Waals surface area (Å²) >= 11 is 3.42. The van der Waals surface area contributed by atoms with Gasteiger partial charge in [0.05, 0.1) is 4.21 Å². The molecule has 0 aliphatic carbocycles. The summed E-state index contributed by atoms with van der Waals surface area (Å²) < 4.78 is 1.33. The van der Waals surface area contributed by atoms with E-state index >= 15 is 0 Å². The Bertz CT molecular complexity index is 121. The molecular formula is C5H5S2. The lowest BCUT2D eigenvalue weighted by Crippen LogP contribution is -1.45. The van der Waals surface area contributed by atoms with Gasteiger partial charge in [-0.15, -0.1) is 23.1 Å². The van der Waals surface area contributed by atoms with Gasteiger partial charge in [0.2, 0.25) is 0 Å². The minimum atomic E-state index is 1.33. The molecule has 0 aromatic carbocycles. The Morgan fingerprint density at radius 2 is 2.71 bits per heavy atom. The first-order chi connectivity index (χ1) is 3.43. The van der Waals surface area contributed by atoms with E-state index in [1.165, 1.54) is 4.21 Å². The van der Waals surface area contributed by atoms with Crippen LogP contribution in [-0.4, -0.2) is 6.26 Å². The Labute approximate surface area is 51.6 Å². The summed E-state index contributed by atoms with van der Waals surface area (Å²) in [7, 11) is 0. The van der Waals surface area contributed by atoms with Crippen LogP contribution in [0.4, 0.5) is 0 Å². The van der Waals surface area contributed by atoms with Crippen molar-refractivity contribution >= 4 is 23.1 Å². The summed E-state index contributed by atoms with van der Waals surface area (Å²) in [5.41, 5.74) is 0. The van der Waals surface area contributed by atoms with Crippen molar-refractivity contribution in [3.63, 3.8) is 0 Å². The minimum absolute atomic E-state index is 1.33. The third kappa shape index (κ3) is 1.21. The molecule has 0 atom stereocenters. The van der Waals surface area contributed by atoms with E-state index in [2.05, 4.69) is 17.7 Å². The zero-order valence-electron chi connectivity index (χ0n) is 3.97. The van der Waals surface area contributed by atoms with E-state index in [0.29, 0.717) is 0 Å². The van der Waals surface area contributed by atoms with Gasteiger partial charge in [-0.25, -0.2) is 0 Å². The number of rotatable bonds is 1. The number of hydrogen-bond donors (Lipinski definition) is 0. The van der Waals surface area contributed by atoms with Gasteiger partial charge in [-0.1, -0.05) is 0 Å². The molecule has 0 saturated heterocycles. The molecule has 0 bridgehead atoms. The molecule has 0 saturated carbocycles. The van der Waals surface area contributed by atoms with Gasteiger partial charge in [-0.2, -0.15) is 0 Å². The molecule has 0 fully saturated rings. The zero-order chi connectivity index (χ0) is 5.11. The second-order valence-corrected chi connectivity index (χ2v) is 3.06. The summed E-state index contributed by atoms with van der Waals surface area (Å²) in [6, 6.07) is 4.01. The van der Waals surface area contributed by atoms with Crippen LogP contribution in [0.1, 0.15) is 0 Å². The molecule has 1 rings (SSSR count). The molecule has 1 aromatic heterocycles. The summed E-state index contributed by atoms with van der Waals surface area (Å²) in [4.78, 5) is 0. The summed E-state index contributed by atoms with van der Waals surface area (Å²) in [5, 5.41) is 3.00. The highest BCUT2D eigenvalue weighted by atomic mass is 32.2. The predicted octanol–water partition coefficient (Wildman–Crippen LogP) is 2.27. The standard InChI is InChI=1S/C5H5S2/c1-6-5-3-2-4-7-5/h2-3H,1H3. The quantitative estimate of drug-likeness (QED) is 0.524. The fourth-order valence-electron chi connectivity index (χ4n) is 0.338. The topological polar surface area (TPSA) is 0 Å². The normalized spacial score (nSPS) is 9.29. The monoisotopic (exact) mass is 129 g/mol. The van der Waals surface area contributed by atoms with Crippen LogP contribution in [0, 0.1) is 5.38 Å². The summed E-state index contributed by atoms with van der Waals surface area (Å²) in [6.45, 7) is 0. The van der Waals surface area contributed by atoms with Crippen LogP contribution < -0.4 is 0 Å². The highest BCUT2D eigenvalue weighted by Gasteiger charge is 1.84. The molecule has 0 aliphatic heterocycles. The van der Waals surface area contributed by atoms with Crippen LogP contribution in [-0.2, 0) is 0 Å². The van der Waals surface area contributed by atoms with Crippen molar-refractivity contribution < 1.29 is 0 Å². The van der Waals surface area contributed by atoms with Gasteiger partial charge < -0.3 is 0 Å². The molecule has 0 N–H and O–H groups in total. The van der Waals surface area contributed by atoms with E-state index in [9.17, 15) is 0 Å². The second-order valence-electron chi connectivity index (χ2n) is 1.08. The van der Waals surface area contributed by atoms with Crippen molar-refractivity contribution in [2.24, 2.45) is 0 Å². The fourth-order valence-corrected chi connectivity index (χ4v) is 1.41. The van der Waals surface area contributed by atoms with E-state index < -0.39 is 0 Å². The first-order valence-corrected chi connectivity index (χ1v) is 3.97. The number of thioether (sulfide) groups is 1. The van der Waals surface area contributed by atoms with Crippen molar-refractivity contribution in [3.8, 4) is 0 Å². The fraction of sp³-hybridized carbons (Fsp3) is 0.200. The van der Waals surface area contributed by atoms with Crippen molar-refractivity contribution in [2.75, 3.05) is 6.26 Å². The largest absolute Gasteiger partial charge is 0.128 e. The van der Waals surface area contributed by atoms with Crippen molar-refractivity contribution in [1.82, 2.24) is 0 Å². The van der Waals surface area contributed by atoms with Crippen molar-refractivity contribution in [1.29, 1.82) is 0 Å². The SMILES string of the molecule is CSc1cc[c]s1. The van der Waals surface area contributed by atoms with E-state index in [1.807, 2.05) is 6.07 Å². The zero-order valence-corrected chi connectivity index (χ0v) is 5.60. The molecule has 37 valence electrons. The van der Waals surface area contributed by atoms with Crippen LogP contribution in [0.25, 0.3) is 0 Å². The average molecular weight is 129 g/mol. The third-order valence-corrected chi connectivity index (χ3v) is 2.53. The minimum Gasteiger partial charge on any atom is -0.128 e. The Hall–Kier alpha value is 0.0500. The highest BCUT2D eigenvalue weighted by Crippen LogP contribution is 2.18. The van der Waals surface area contributed by atoms with Gasteiger partial charge in [0.15, 0.2) is 0 Å². The molecule has 0 nitrogen and oxygen atoms in total. The van der Waals surface area contributed by atoms with E-state index in [4.69, 9.17) is 0 Å². The van der Waals surface area contributed by atoms with Crippen LogP contribution in [0.15, 0.2) is 16.3 Å². The highest BCUT2D eigenvalue weighted by molar-refractivity contribution is 8.00. The average Bonchev–Trinajstić information content (AvgIpc) is 2.14. The van der Waals surface area contributed by atoms with Gasteiger partial charge in [0.1, 0.15) is 0 Å². The van der Waals surface area contributed by atoms with E-state index in [-0.39, 0.29) is 0 Å². The maximum Gasteiger partial charge on any atom is 0.0602 e. The molecular weight excluding hydrogens is 124 g/mol. The molecule has 0 unspecified atom stereocenters. The molecule has 0 spiro atoms. The molecule has 1 aromatic rings. The predicted molar refractivity (Wildman–Crippen MR) is 34.9 cm³/mol. The Morgan fingerprint density at radius 3 is 3.00 bits per heavy atom. The lowest BCUT2D eigenvalue weighted by atomic mass is 10.7. The van der Waals surface area contributed by atoms with Gasteiger partial charge in [0.25, 0.3) is 0 Å². The van der Waals surface area contributed by atoms with E-state index in [1.54, 1.807) is 23.1 Å². The summed E-state index contributed by atoms with van der Waals surface area (Å²) in [6.07, 6.45) is 2.07. The molecule has 1 radical (unpaired) electrons. The Kier molecular flexibility index (Phi) is 1.77. The van der Waals surface area contributed by atoms with Crippen molar-refractivity contribution in [3.05, 3.63) is 17.5 Å². The van der Waals surface area contributed by atoms with Crippen LogP contribution in [0.2, 0.25) is 0 Å². The summed E-state index contributed by atoms with van der Waals surface area (Å²) in [5.74, 6) is 0. The van der Waals surface area contributed by atoms with Crippen LogP contribution in [0.3, 0.4) is 0 Å². The third-order valence-electron chi connectivity index (χ3n) is 0.648. The molecule has 2 heteroatoms. The maximum absolute atomic E-state index is 3.00. The first-order valence-electron chi connectivity index (χ1n) is 1.93. The van der Waals surface area contributed by atoms with Crippen LogP contribution in [0.5, 0.6) is 0 Å². The number of hydrogen-bond acceptors (Lipinski definition) is 2.